The van der Waals surface area contributed by atoms with Gasteiger partial charge < -0.3 is 24.0 Å². The van der Waals surface area contributed by atoms with E-state index in [1.807, 2.05) is 0 Å². The second-order valence-corrected chi connectivity index (χ2v) is 13.3. The summed E-state index contributed by atoms with van der Waals surface area (Å²) in [7, 11) is -0.836. The molecule has 0 fully saturated rings. The fraction of sp³-hybridized carbons (Fsp3) is 0.833. The number of hydrogen-bond donors (Lipinski definition) is 0. The Hall–Kier alpha value is 0.157. The minimum Gasteiger partial charge on any atom is -1.00 e. The van der Waals surface area contributed by atoms with Gasteiger partial charge in [-0.2, -0.15) is 0 Å². The summed E-state index contributed by atoms with van der Waals surface area (Å²) in [6.07, 6.45) is 17.8. The Morgan fingerprint density at radius 1 is 0.909 bits per heavy atom. The Labute approximate surface area is 156 Å². The molecule has 0 aromatic carbocycles. The first-order valence-electron chi connectivity index (χ1n) is 9.06. The molecule has 0 bridgehead atoms. The molecule has 0 radical (unpaired) electrons. The first-order valence-corrected chi connectivity index (χ1v) is 12.8. The van der Waals surface area contributed by atoms with Gasteiger partial charge in [-0.3, -0.25) is 0 Å². The first kappa shape index (κ1) is 22.2. The summed E-state index contributed by atoms with van der Waals surface area (Å²) in [6, 6.07) is 1.46. The van der Waals surface area contributed by atoms with Crippen LogP contribution in [0.5, 0.6) is 0 Å². The molecule has 0 saturated carbocycles. The van der Waals surface area contributed by atoms with Crippen molar-refractivity contribution < 1.29 is 28.5 Å². The van der Waals surface area contributed by atoms with Crippen LogP contribution in [0, 0.1) is 0 Å². The fourth-order valence-electron chi connectivity index (χ4n) is 2.73. The third kappa shape index (κ3) is 11.7. The summed E-state index contributed by atoms with van der Waals surface area (Å²) in [5, 5.41) is 0. The molecule has 0 saturated heterocycles. The highest BCUT2D eigenvalue weighted by Crippen LogP contribution is 2.13. The largest absolute Gasteiger partial charge is 1.00 e. The molecule has 1 aromatic rings. The molecule has 0 aliphatic carbocycles. The molecule has 0 amide bonds. The lowest BCUT2D eigenvalue weighted by Gasteiger charge is -2.14. The van der Waals surface area contributed by atoms with Crippen molar-refractivity contribution in [2.45, 2.75) is 97.1 Å². The summed E-state index contributed by atoms with van der Waals surface area (Å²) in [5.41, 5.74) is 0. The smallest absolute Gasteiger partial charge is 0.243 e. The van der Waals surface area contributed by atoms with Crippen molar-refractivity contribution in [1.29, 1.82) is 0 Å². The lowest BCUT2D eigenvalue weighted by Crippen LogP contribution is -3.00. The third-order valence-corrected chi connectivity index (χ3v) is 5.96. The van der Waals surface area contributed by atoms with Crippen LogP contribution in [-0.2, 0) is 13.1 Å². The van der Waals surface area contributed by atoms with E-state index >= 15 is 0 Å². The zero-order valence-electron chi connectivity index (χ0n) is 15.3. The molecule has 1 aromatic heterocycles. The predicted molar refractivity (Wildman–Crippen MR) is 95.4 cm³/mol. The van der Waals surface area contributed by atoms with E-state index in [1.54, 1.807) is 0 Å². The minimum atomic E-state index is -0.836. The quantitative estimate of drug-likeness (QED) is 0.206. The monoisotopic (exact) mass is 436 g/mol. The van der Waals surface area contributed by atoms with Crippen molar-refractivity contribution >= 4 is 8.07 Å². The van der Waals surface area contributed by atoms with Crippen molar-refractivity contribution in [3.05, 3.63) is 18.7 Å². The van der Waals surface area contributed by atoms with E-state index in [0.29, 0.717) is 0 Å². The topological polar surface area (TPSA) is 8.81 Å². The van der Waals surface area contributed by atoms with Crippen molar-refractivity contribution in [3.8, 4) is 0 Å². The van der Waals surface area contributed by atoms with Gasteiger partial charge in [-0.15, -0.1) is 0 Å². The van der Waals surface area contributed by atoms with Crippen molar-refractivity contribution in [3.63, 3.8) is 0 Å². The molecule has 0 spiro atoms. The SMILES string of the molecule is CCCCCCCC[n+]1ccn(CCCC[Si](C)(C)C)c1.[I-]. The molecule has 0 aliphatic rings. The van der Waals surface area contributed by atoms with Gasteiger partial charge in [0.15, 0.2) is 0 Å². The summed E-state index contributed by atoms with van der Waals surface area (Å²) in [5.74, 6) is 0. The number of rotatable bonds is 12. The zero-order valence-corrected chi connectivity index (χ0v) is 18.4. The van der Waals surface area contributed by atoms with Crippen LogP contribution in [-0.4, -0.2) is 12.6 Å². The van der Waals surface area contributed by atoms with Gasteiger partial charge in [0.05, 0.1) is 13.1 Å². The lowest BCUT2D eigenvalue weighted by molar-refractivity contribution is -0.696. The van der Waals surface area contributed by atoms with E-state index < -0.39 is 8.07 Å². The van der Waals surface area contributed by atoms with E-state index in [2.05, 4.69) is 54.4 Å². The maximum absolute atomic E-state index is 2.47. The van der Waals surface area contributed by atoms with E-state index in [4.69, 9.17) is 0 Å². The van der Waals surface area contributed by atoms with Gasteiger partial charge in [0.2, 0.25) is 6.33 Å². The Morgan fingerprint density at radius 2 is 1.59 bits per heavy atom. The second-order valence-electron chi connectivity index (χ2n) is 7.67. The predicted octanol–water partition coefficient (Wildman–Crippen LogP) is 2.26. The molecule has 1 rings (SSSR count). The van der Waals surface area contributed by atoms with Crippen LogP contribution in [0.1, 0.15) is 58.3 Å². The molecule has 22 heavy (non-hydrogen) atoms. The maximum Gasteiger partial charge on any atom is 0.243 e. The number of nitrogens with zero attached hydrogens (tertiary/aromatic N) is 2. The third-order valence-electron chi connectivity index (χ3n) is 4.11. The number of halogens is 1. The molecule has 0 unspecified atom stereocenters. The molecule has 0 atom stereocenters. The highest BCUT2D eigenvalue weighted by Gasteiger charge is 2.12. The first-order chi connectivity index (χ1) is 10.0. The average molecular weight is 436 g/mol. The van der Waals surface area contributed by atoms with E-state index in [-0.39, 0.29) is 24.0 Å². The molecule has 4 heteroatoms. The minimum absolute atomic E-state index is 0. The second kappa shape index (κ2) is 12.6. The number of aryl methyl sites for hydroxylation is 2. The van der Waals surface area contributed by atoms with Crippen LogP contribution >= 0.6 is 0 Å². The van der Waals surface area contributed by atoms with Crippen LogP contribution in [0.4, 0.5) is 0 Å². The molecule has 0 N–H and O–H groups in total. The van der Waals surface area contributed by atoms with Gasteiger partial charge >= 0.3 is 0 Å². The van der Waals surface area contributed by atoms with Crippen LogP contribution in [0.25, 0.3) is 0 Å². The van der Waals surface area contributed by atoms with Gasteiger partial charge in [0.1, 0.15) is 12.4 Å². The van der Waals surface area contributed by atoms with E-state index in [1.165, 1.54) is 70.5 Å². The van der Waals surface area contributed by atoms with E-state index in [9.17, 15) is 0 Å². The molecule has 2 nitrogen and oxygen atoms in total. The Bertz CT molecular complexity index is 371. The fourth-order valence-corrected chi connectivity index (χ4v) is 4.04. The van der Waals surface area contributed by atoms with Gasteiger partial charge in [-0.25, -0.2) is 9.13 Å². The Kier molecular flexibility index (Phi) is 12.7. The van der Waals surface area contributed by atoms with Gasteiger partial charge in [-0.1, -0.05) is 64.7 Å². The molecular weight excluding hydrogens is 399 g/mol. The van der Waals surface area contributed by atoms with Crippen molar-refractivity contribution in [2.75, 3.05) is 0 Å². The van der Waals surface area contributed by atoms with Gasteiger partial charge in [0, 0.05) is 8.07 Å². The summed E-state index contributed by atoms with van der Waals surface area (Å²) < 4.78 is 4.72. The van der Waals surface area contributed by atoms with Gasteiger partial charge in [-0.05, 0) is 19.3 Å². The van der Waals surface area contributed by atoms with Crippen LogP contribution in [0.2, 0.25) is 25.7 Å². The highest BCUT2D eigenvalue weighted by atomic mass is 127. The zero-order chi connectivity index (χ0) is 15.6. The van der Waals surface area contributed by atoms with Crippen LogP contribution < -0.4 is 28.5 Å². The van der Waals surface area contributed by atoms with Crippen molar-refractivity contribution in [2.24, 2.45) is 0 Å². The maximum atomic E-state index is 2.47. The normalized spacial score (nSPS) is 11.5. The van der Waals surface area contributed by atoms with Crippen molar-refractivity contribution in [1.82, 2.24) is 4.57 Å². The van der Waals surface area contributed by atoms with Crippen LogP contribution in [0.3, 0.4) is 0 Å². The summed E-state index contributed by atoms with van der Waals surface area (Å²) in [4.78, 5) is 0. The number of unbranched alkanes of at least 4 members (excludes halogenated alkanes) is 6. The van der Waals surface area contributed by atoms with Crippen LogP contribution in [0.15, 0.2) is 18.7 Å². The summed E-state index contributed by atoms with van der Waals surface area (Å²) >= 11 is 0. The standard InChI is InChI=1S/C18H37N2Si.HI/c1-5-6-7-8-9-10-13-19-15-16-20(18-19)14-11-12-17-21(2,3)4;/h15-16,18H,5-14,17H2,1-4H3;1H/q+1;/p-1. The molecule has 1 heterocycles. The molecule has 130 valence electrons. The lowest BCUT2D eigenvalue weighted by atomic mass is 10.1. The molecule has 0 aliphatic heterocycles. The highest BCUT2D eigenvalue weighted by molar-refractivity contribution is 6.76. The average Bonchev–Trinajstić information content (AvgIpc) is 2.86. The summed E-state index contributed by atoms with van der Waals surface area (Å²) in [6.45, 7) is 12.1. The number of aromatic nitrogens is 2. The Balaban J connectivity index is 0.00000441. The van der Waals surface area contributed by atoms with E-state index in [0.717, 1.165) is 0 Å². The Morgan fingerprint density at radius 3 is 2.27 bits per heavy atom. The number of imidazole rings is 1. The van der Waals surface area contributed by atoms with Gasteiger partial charge in [0.25, 0.3) is 0 Å². The molecular formula is C18H37IN2Si. The number of hydrogen-bond acceptors (Lipinski definition) is 0.